The van der Waals surface area contributed by atoms with Crippen LogP contribution in [-0.2, 0) is 26.2 Å². The van der Waals surface area contributed by atoms with Gasteiger partial charge in [0.05, 0.1) is 6.17 Å². The summed E-state index contributed by atoms with van der Waals surface area (Å²) in [6, 6.07) is 54.3. The average molecular weight is 483 g/mol. The minimum absolute atomic E-state index is 0.0852. The van der Waals surface area contributed by atoms with Crippen molar-refractivity contribution in [1.29, 1.82) is 0 Å². The zero-order chi connectivity index (χ0) is 25.1. The van der Waals surface area contributed by atoms with E-state index in [2.05, 4.69) is 161 Å². The predicted octanol–water partition coefficient (Wildman–Crippen LogP) is 8.09. The predicted molar refractivity (Wildman–Crippen MR) is 153 cm³/mol. The van der Waals surface area contributed by atoms with Crippen molar-refractivity contribution in [3.63, 3.8) is 0 Å². The first-order valence-electron chi connectivity index (χ1n) is 13.0. The largest absolute Gasteiger partial charge is 0.275 e. The Morgan fingerprint density at radius 3 is 0.838 bits per heavy atom. The van der Waals surface area contributed by atoms with E-state index in [0.717, 1.165) is 26.2 Å². The lowest BCUT2D eigenvalue weighted by Gasteiger charge is -2.40. The average Bonchev–Trinajstić information content (AvgIpc) is 2.96. The van der Waals surface area contributed by atoms with Gasteiger partial charge < -0.3 is 0 Å². The summed E-state index contributed by atoms with van der Waals surface area (Å²) in [5.74, 6) is 0. The molecule has 2 heteroatoms. The van der Waals surface area contributed by atoms with Crippen molar-refractivity contribution in [2.75, 3.05) is 0 Å². The van der Waals surface area contributed by atoms with E-state index < -0.39 is 0 Å². The van der Waals surface area contributed by atoms with Crippen molar-refractivity contribution in [2.45, 2.75) is 32.3 Å². The highest BCUT2D eigenvalue weighted by molar-refractivity contribution is 5.24. The molecule has 0 fully saturated rings. The Hall–Kier alpha value is -3.98. The van der Waals surface area contributed by atoms with E-state index in [-0.39, 0.29) is 6.17 Å². The quantitative estimate of drug-likeness (QED) is 0.176. The lowest BCUT2D eigenvalue weighted by molar-refractivity contribution is 0.0161. The minimum Gasteiger partial charge on any atom is -0.275 e. The first-order valence-corrected chi connectivity index (χ1v) is 13.0. The van der Waals surface area contributed by atoms with E-state index in [1.165, 1.54) is 27.8 Å². The van der Waals surface area contributed by atoms with E-state index in [1.54, 1.807) is 0 Å². The van der Waals surface area contributed by atoms with Crippen LogP contribution < -0.4 is 0 Å². The summed E-state index contributed by atoms with van der Waals surface area (Å²) in [5.41, 5.74) is 6.58. The molecule has 0 aromatic heterocycles. The van der Waals surface area contributed by atoms with Gasteiger partial charge in [0.15, 0.2) is 0 Å². The fourth-order valence-corrected chi connectivity index (χ4v) is 5.01. The molecular formula is C35H34N2. The van der Waals surface area contributed by atoms with Gasteiger partial charge in [-0.05, 0) is 27.8 Å². The molecule has 5 aromatic rings. The lowest BCUT2D eigenvalue weighted by Crippen LogP contribution is -2.40. The lowest BCUT2D eigenvalue weighted by atomic mass is 10.0. The van der Waals surface area contributed by atoms with E-state index in [4.69, 9.17) is 0 Å². The number of rotatable bonds is 11. The monoisotopic (exact) mass is 482 g/mol. The molecule has 0 saturated heterocycles. The van der Waals surface area contributed by atoms with Crippen LogP contribution >= 0.6 is 0 Å². The third-order valence-corrected chi connectivity index (χ3v) is 6.70. The van der Waals surface area contributed by atoms with Crippen LogP contribution in [0.4, 0.5) is 0 Å². The molecule has 0 aliphatic rings. The molecule has 0 heterocycles. The van der Waals surface area contributed by atoms with Gasteiger partial charge in [0.25, 0.3) is 0 Å². The van der Waals surface area contributed by atoms with Crippen molar-refractivity contribution >= 4 is 0 Å². The number of nitrogens with zero attached hydrogens (tertiary/aromatic N) is 2. The second kappa shape index (κ2) is 12.8. The molecular weight excluding hydrogens is 448 g/mol. The third-order valence-electron chi connectivity index (χ3n) is 6.70. The Morgan fingerprint density at radius 2 is 0.568 bits per heavy atom. The summed E-state index contributed by atoms with van der Waals surface area (Å²) in [4.78, 5) is 5.23. The summed E-state index contributed by atoms with van der Waals surface area (Å²) in [6.07, 6.45) is 0.0852. The van der Waals surface area contributed by atoms with Crippen LogP contribution in [0, 0.1) is 0 Å². The standard InChI is InChI=1S/C35H34N2/c1-6-16-30(17-7-1)26-36(27-31-18-8-2-9-19-31)35(34-24-14-5-15-25-34)37(28-32-20-10-3-11-21-32)29-33-22-12-4-13-23-33/h1-25,35H,26-29H2. The van der Waals surface area contributed by atoms with Crippen LogP contribution in [0.25, 0.3) is 0 Å². The summed E-state index contributed by atoms with van der Waals surface area (Å²) < 4.78 is 0. The molecule has 0 N–H and O–H groups in total. The topological polar surface area (TPSA) is 6.48 Å². The second-order valence-corrected chi connectivity index (χ2v) is 9.54. The van der Waals surface area contributed by atoms with Crippen molar-refractivity contribution < 1.29 is 0 Å². The van der Waals surface area contributed by atoms with Gasteiger partial charge in [0, 0.05) is 26.2 Å². The van der Waals surface area contributed by atoms with Crippen LogP contribution in [0.15, 0.2) is 152 Å². The molecule has 0 aliphatic carbocycles. The van der Waals surface area contributed by atoms with Gasteiger partial charge in [-0.2, -0.15) is 0 Å². The third kappa shape index (κ3) is 7.04. The maximum absolute atomic E-state index is 2.62. The van der Waals surface area contributed by atoms with Crippen LogP contribution in [0.5, 0.6) is 0 Å². The zero-order valence-electron chi connectivity index (χ0n) is 21.2. The highest BCUT2D eigenvalue weighted by Gasteiger charge is 2.28. The van der Waals surface area contributed by atoms with Gasteiger partial charge in [-0.25, -0.2) is 0 Å². The van der Waals surface area contributed by atoms with E-state index in [0.29, 0.717) is 0 Å². The molecule has 0 atom stereocenters. The van der Waals surface area contributed by atoms with E-state index >= 15 is 0 Å². The zero-order valence-corrected chi connectivity index (χ0v) is 21.2. The summed E-state index contributed by atoms with van der Waals surface area (Å²) in [5, 5.41) is 0. The smallest absolute Gasteiger partial charge is 0.0897 e. The Balaban J connectivity index is 1.59. The molecule has 2 nitrogen and oxygen atoms in total. The van der Waals surface area contributed by atoms with Gasteiger partial charge in [0.2, 0.25) is 0 Å². The second-order valence-electron chi connectivity index (χ2n) is 9.54. The molecule has 184 valence electrons. The van der Waals surface area contributed by atoms with Crippen molar-refractivity contribution in [2.24, 2.45) is 0 Å². The summed E-state index contributed by atoms with van der Waals surface area (Å²) in [7, 11) is 0. The highest BCUT2D eigenvalue weighted by Crippen LogP contribution is 2.31. The van der Waals surface area contributed by atoms with Gasteiger partial charge in [-0.1, -0.05) is 152 Å². The van der Waals surface area contributed by atoms with Gasteiger partial charge in [-0.15, -0.1) is 0 Å². The maximum Gasteiger partial charge on any atom is 0.0897 e. The molecule has 5 rings (SSSR count). The molecule has 37 heavy (non-hydrogen) atoms. The summed E-state index contributed by atoms with van der Waals surface area (Å²) in [6.45, 7) is 3.43. The SMILES string of the molecule is c1ccc(CN(Cc2ccccc2)C(c2ccccc2)N(Cc2ccccc2)Cc2ccccc2)cc1. The Bertz CT molecular complexity index is 1140. The maximum atomic E-state index is 2.62. The Morgan fingerprint density at radius 1 is 0.324 bits per heavy atom. The van der Waals surface area contributed by atoms with Crippen LogP contribution in [0.1, 0.15) is 34.0 Å². The molecule has 0 unspecified atom stereocenters. The van der Waals surface area contributed by atoms with Crippen molar-refractivity contribution in [1.82, 2.24) is 9.80 Å². The van der Waals surface area contributed by atoms with Gasteiger partial charge in [-0.3, -0.25) is 9.80 Å². The fraction of sp³-hybridized carbons (Fsp3) is 0.143. The van der Waals surface area contributed by atoms with E-state index in [9.17, 15) is 0 Å². The van der Waals surface area contributed by atoms with Crippen LogP contribution in [0.2, 0.25) is 0 Å². The fourth-order valence-electron chi connectivity index (χ4n) is 5.01. The van der Waals surface area contributed by atoms with Crippen molar-refractivity contribution in [3.05, 3.63) is 179 Å². The van der Waals surface area contributed by atoms with Gasteiger partial charge >= 0.3 is 0 Å². The molecule has 0 spiro atoms. The highest BCUT2D eigenvalue weighted by atomic mass is 15.4. The molecule has 0 saturated carbocycles. The molecule has 5 aromatic carbocycles. The number of hydrogen-bond donors (Lipinski definition) is 0. The minimum atomic E-state index is 0.0852. The Labute approximate surface area is 221 Å². The van der Waals surface area contributed by atoms with Crippen LogP contribution in [0.3, 0.4) is 0 Å². The first kappa shape index (κ1) is 24.7. The Kier molecular flexibility index (Phi) is 8.56. The normalized spacial score (nSPS) is 11.3. The number of benzene rings is 5. The van der Waals surface area contributed by atoms with Gasteiger partial charge in [0.1, 0.15) is 0 Å². The molecule has 0 bridgehead atoms. The van der Waals surface area contributed by atoms with Crippen LogP contribution in [-0.4, -0.2) is 9.80 Å². The number of hydrogen-bond acceptors (Lipinski definition) is 2. The molecule has 0 radical (unpaired) electrons. The molecule has 0 amide bonds. The van der Waals surface area contributed by atoms with Crippen molar-refractivity contribution in [3.8, 4) is 0 Å². The summed E-state index contributed by atoms with van der Waals surface area (Å²) >= 11 is 0. The van der Waals surface area contributed by atoms with E-state index in [1.807, 2.05) is 0 Å². The first-order chi connectivity index (χ1) is 18.3. The molecule has 0 aliphatic heterocycles.